The molecule has 2 aromatic carbocycles. The number of ether oxygens (including phenoxy) is 1. The Labute approximate surface area is 175 Å². The molecule has 0 atom stereocenters. The third-order valence-electron chi connectivity index (χ3n) is 4.54. The normalized spacial score (nSPS) is 15.9. The molecule has 0 bridgehead atoms. The minimum atomic E-state index is -4.57. The first-order valence-corrected chi connectivity index (χ1v) is 10.3. The Hall–Kier alpha value is -3.28. The number of alkyl halides is 3. The van der Waals surface area contributed by atoms with Crippen LogP contribution in [0.4, 0.5) is 24.5 Å². The minimum Gasteiger partial charge on any atom is -0.495 e. The topological polar surface area (TPSA) is 114 Å². The lowest BCUT2D eigenvalue weighted by Crippen LogP contribution is -2.50. The summed E-state index contributed by atoms with van der Waals surface area (Å²) in [5.41, 5.74) is -2.37. The van der Waals surface area contributed by atoms with Gasteiger partial charge < -0.3 is 15.4 Å². The fourth-order valence-electron chi connectivity index (χ4n) is 2.84. The second-order valence-electron chi connectivity index (χ2n) is 7.26. The summed E-state index contributed by atoms with van der Waals surface area (Å²) < 4.78 is 71.2. The van der Waals surface area contributed by atoms with Gasteiger partial charge in [0.1, 0.15) is 16.2 Å². The van der Waals surface area contributed by atoms with Crippen LogP contribution in [0.2, 0.25) is 0 Å². The summed E-state index contributed by atoms with van der Waals surface area (Å²) in [6.07, 6.45) is -4.57. The summed E-state index contributed by atoms with van der Waals surface area (Å²) in [6.45, 7) is 2.96. The van der Waals surface area contributed by atoms with Crippen molar-refractivity contribution in [1.82, 2.24) is 5.32 Å². The second kappa shape index (κ2) is 7.45. The average molecular weight is 457 g/mol. The third-order valence-corrected chi connectivity index (χ3v) is 5.95. The Balaban J connectivity index is 2.02. The highest BCUT2D eigenvalue weighted by atomic mass is 32.2. The van der Waals surface area contributed by atoms with E-state index >= 15 is 0 Å². The Morgan fingerprint density at radius 2 is 1.68 bits per heavy atom. The highest BCUT2D eigenvalue weighted by molar-refractivity contribution is 7.92. The van der Waals surface area contributed by atoms with Crippen LogP contribution in [-0.2, 0) is 21.0 Å². The number of methoxy groups -OCH3 is 1. The predicted octanol–water partition coefficient (Wildman–Crippen LogP) is 2.98. The molecule has 31 heavy (non-hydrogen) atoms. The minimum absolute atomic E-state index is 0.0541. The van der Waals surface area contributed by atoms with Gasteiger partial charge in [-0.2, -0.15) is 13.2 Å². The standard InChI is InChI=1S/C19H18F3N3O5S/c1-18(2)17(27)23-13-9-14(30-3)15(8-12(13)16(26)24-18)31(28,29)25-11-6-4-10(5-7-11)19(20,21)22/h4-9,25H,1-3H3,(H,23,27)(H,24,26). The van der Waals surface area contributed by atoms with Gasteiger partial charge in [-0.25, -0.2) is 8.42 Å². The molecule has 3 N–H and O–H groups in total. The number of benzene rings is 2. The first kappa shape index (κ1) is 22.4. The third kappa shape index (κ3) is 4.43. The molecule has 166 valence electrons. The highest BCUT2D eigenvalue weighted by Crippen LogP contribution is 2.34. The smallest absolute Gasteiger partial charge is 0.416 e. The molecule has 1 aliphatic rings. The van der Waals surface area contributed by atoms with Crippen molar-refractivity contribution in [2.24, 2.45) is 0 Å². The van der Waals surface area contributed by atoms with E-state index in [-0.39, 0.29) is 22.7 Å². The zero-order valence-electron chi connectivity index (χ0n) is 16.5. The van der Waals surface area contributed by atoms with Crippen LogP contribution in [-0.4, -0.2) is 32.9 Å². The molecule has 3 rings (SSSR count). The van der Waals surface area contributed by atoms with Gasteiger partial charge in [-0.1, -0.05) is 0 Å². The molecule has 0 radical (unpaired) electrons. The van der Waals surface area contributed by atoms with Gasteiger partial charge in [-0.05, 0) is 44.2 Å². The number of anilines is 2. The van der Waals surface area contributed by atoms with Gasteiger partial charge in [-0.3, -0.25) is 14.3 Å². The molecular formula is C19H18F3N3O5S. The molecule has 8 nitrogen and oxygen atoms in total. The van der Waals surface area contributed by atoms with Crippen LogP contribution in [0.1, 0.15) is 29.8 Å². The molecule has 0 saturated heterocycles. The number of hydrogen-bond acceptors (Lipinski definition) is 5. The van der Waals surface area contributed by atoms with E-state index in [1.54, 1.807) is 0 Å². The monoisotopic (exact) mass is 457 g/mol. The van der Waals surface area contributed by atoms with Gasteiger partial charge >= 0.3 is 6.18 Å². The van der Waals surface area contributed by atoms with Crippen molar-refractivity contribution in [2.75, 3.05) is 17.1 Å². The summed E-state index contributed by atoms with van der Waals surface area (Å²) in [5, 5.41) is 5.04. The number of fused-ring (bicyclic) bond motifs is 1. The number of hydrogen-bond donors (Lipinski definition) is 3. The average Bonchev–Trinajstić information content (AvgIpc) is 2.73. The number of halogens is 3. The zero-order valence-corrected chi connectivity index (χ0v) is 17.4. The Bertz CT molecular complexity index is 1160. The van der Waals surface area contributed by atoms with Crippen molar-refractivity contribution in [1.29, 1.82) is 0 Å². The van der Waals surface area contributed by atoms with Crippen molar-refractivity contribution in [3.63, 3.8) is 0 Å². The van der Waals surface area contributed by atoms with Gasteiger partial charge in [0, 0.05) is 11.8 Å². The van der Waals surface area contributed by atoms with E-state index in [0.717, 1.165) is 30.3 Å². The molecule has 2 aromatic rings. The second-order valence-corrected chi connectivity index (χ2v) is 8.91. The maximum Gasteiger partial charge on any atom is 0.416 e. The lowest BCUT2D eigenvalue weighted by molar-refractivity contribution is -0.137. The first-order valence-electron chi connectivity index (χ1n) is 8.81. The number of carbonyl (C=O) groups excluding carboxylic acids is 2. The molecule has 0 fully saturated rings. The fraction of sp³-hybridized carbons (Fsp3) is 0.263. The summed E-state index contributed by atoms with van der Waals surface area (Å²) >= 11 is 0. The zero-order chi connectivity index (χ0) is 23.2. The molecule has 1 aliphatic heterocycles. The maximum absolute atomic E-state index is 12.9. The van der Waals surface area contributed by atoms with Crippen LogP contribution in [0, 0.1) is 0 Å². The van der Waals surface area contributed by atoms with Crippen molar-refractivity contribution < 1.29 is 35.9 Å². The highest BCUT2D eigenvalue weighted by Gasteiger charge is 2.36. The SMILES string of the molecule is COc1cc2c(cc1S(=O)(=O)Nc1ccc(C(F)(F)F)cc1)C(=O)NC(C)(C)C(=O)N2. The van der Waals surface area contributed by atoms with E-state index in [0.29, 0.717) is 0 Å². The van der Waals surface area contributed by atoms with E-state index in [1.165, 1.54) is 27.0 Å². The summed E-state index contributed by atoms with van der Waals surface area (Å²) in [6, 6.07) is 5.61. The van der Waals surface area contributed by atoms with Crippen LogP contribution in [0.15, 0.2) is 41.3 Å². The van der Waals surface area contributed by atoms with Crippen LogP contribution >= 0.6 is 0 Å². The van der Waals surface area contributed by atoms with Gasteiger partial charge in [-0.15, -0.1) is 0 Å². The van der Waals surface area contributed by atoms with E-state index in [4.69, 9.17) is 4.74 Å². The Morgan fingerprint density at radius 1 is 1.06 bits per heavy atom. The molecule has 0 unspecified atom stereocenters. The summed E-state index contributed by atoms with van der Waals surface area (Å²) in [7, 11) is -3.17. The lowest BCUT2D eigenvalue weighted by Gasteiger charge is -2.21. The quantitative estimate of drug-likeness (QED) is 0.653. The number of nitrogens with one attached hydrogen (secondary N) is 3. The number of amides is 2. The van der Waals surface area contributed by atoms with Crippen LogP contribution in [0.25, 0.3) is 0 Å². The van der Waals surface area contributed by atoms with E-state index in [2.05, 4.69) is 15.4 Å². The molecule has 1 heterocycles. The van der Waals surface area contributed by atoms with Crippen molar-refractivity contribution in [3.8, 4) is 5.75 Å². The Morgan fingerprint density at radius 3 is 2.23 bits per heavy atom. The van der Waals surface area contributed by atoms with Gasteiger partial charge in [0.15, 0.2) is 0 Å². The fourth-order valence-corrected chi connectivity index (χ4v) is 4.08. The number of sulfonamides is 1. The summed E-state index contributed by atoms with van der Waals surface area (Å²) in [5.74, 6) is -1.38. The molecule has 12 heteroatoms. The molecule has 2 amide bonds. The largest absolute Gasteiger partial charge is 0.495 e. The van der Waals surface area contributed by atoms with Crippen molar-refractivity contribution in [2.45, 2.75) is 30.5 Å². The number of carbonyl (C=O) groups is 2. The van der Waals surface area contributed by atoms with Crippen LogP contribution in [0.3, 0.4) is 0 Å². The van der Waals surface area contributed by atoms with Gasteiger partial charge in [0.2, 0.25) is 5.91 Å². The van der Waals surface area contributed by atoms with Gasteiger partial charge in [0.05, 0.1) is 23.9 Å². The molecule has 0 saturated carbocycles. The van der Waals surface area contributed by atoms with Crippen LogP contribution < -0.4 is 20.1 Å². The summed E-state index contributed by atoms with van der Waals surface area (Å²) in [4.78, 5) is 24.4. The predicted molar refractivity (Wildman–Crippen MR) is 105 cm³/mol. The molecule has 0 spiro atoms. The van der Waals surface area contributed by atoms with Crippen molar-refractivity contribution >= 4 is 33.2 Å². The molecule has 0 aromatic heterocycles. The van der Waals surface area contributed by atoms with E-state index in [9.17, 15) is 31.2 Å². The lowest BCUT2D eigenvalue weighted by atomic mass is 10.1. The first-order chi connectivity index (χ1) is 14.2. The maximum atomic E-state index is 12.9. The molecular weight excluding hydrogens is 439 g/mol. The van der Waals surface area contributed by atoms with E-state index < -0.39 is 44.0 Å². The molecule has 0 aliphatic carbocycles. The van der Waals surface area contributed by atoms with Crippen molar-refractivity contribution in [3.05, 3.63) is 47.5 Å². The number of rotatable bonds is 4. The van der Waals surface area contributed by atoms with Crippen LogP contribution in [0.5, 0.6) is 5.75 Å². The Kier molecular flexibility index (Phi) is 5.38. The van der Waals surface area contributed by atoms with E-state index in [1.807, 2.05) is 0 Å². The van der Waals surface area contributed by atoms with Gasteiger partial charge in [0.25, 0.3) is 15.9 Å².